The van der Waals surface area contributed by atoms with Gasteiger partial charge >= 0.3 is 0 Å². The normalized spacial score (nSPS) is 22.5. The number of likely N-dealkylation sites (tertiary alicyclic amines) is 1. The molecule has 0 radical (unpaired) electrons. The van der Waals surface area contributed by atoms with E-state index in [1.54, 1.807) is 0 Å². The number of phenols is 1. The van der Waals surface area contributed by atoms with Gasteiger partial charge in [0.2, 0.25) is 0 Å². The summed E-state index contributed by atoms with van der Waals surface area (Å²) in [6.45, 7) is 7.48. The van der Waals surface area contributed by atoms with Crippen molar-refractivity contribution in [3.05, 3.63) is 64.7 Å². The van der Waals surface area contributed by atoms with Gasteiger partial charge in [-0.25, -0.2) is 0 Å². The second-order valence-electron chi connectivity index (χ2n) is 9.61. The third-order valence-corrected chi connectivity index (χ3v) is 7.28. The number of carbonyl (C=O) groups is 1. The second kappa shape index (κ2) is 10.7. The van der Waals surface area contributed by atoms with Gasteiger partial charge in [-0.3, -0.25) is 4.79 Å². The van der Waals surface area contributed by atoms with Crippen molar-refractivity contribution >= 4 is 5.91 Å². The average Bonchev–Trinajstić information content (AvgIpc) is 2.85. The lowest BCUT2D eigenvalue weighted by Gasteiger charge is -2.40. The zero-order valence-corrected chi connectivity index (χ0v) is 19.8. The zero-order valence-electron chi connectivity index (χ0n) is 19.8. The van der Waals surface area contributed by atoms with Crippen molar-refractivity contribution in [2.45, 2.75) is 57.8 Å². The predicted octanol–water partition coefficient (Wildman–Crippen LogP) is 3.56. The molecule has 4 N–H and O–H groups in total. The van der Waals surface area contributed by atoms with Crippen molar-refractivity contribution < 1.29 is 14.6 Å². The molecule has 4 rings (SSSR count). The number of nitrogens with zero attached hydrogens (tertiary/aromatic N) is 1. The van der Waals surface area contributed by atoms with Crippen molar-refractivity contribution in [1.82, 2.24) is 10.2 Å². The van der Waals surface area contributed by atoms with Gasteiger partial charge in [-0.05, 0) is 75.4 Å². The summed E-state index contributed by atoms with van der Waals surface area (Å²) < 4.78 is 6.41. The van der Waals surface area contributed by atoms with Gasteiger partial charge in [-0.2, -0.15) is 0 Å². The molecule has 2 heterocycles. The van der Waals surface area contributed by atoms with Crippen LogP contribution in [0.1, 0.15) is 59.3 Å². The number of hydrogen-bond donors (Lipinski definition) is 3. The highest BCUT2D eigenvalue weighted by Crippen LogP contribution is 2.40. The van der Waals surface area contributed by atoms with Crippen LogP contribution in [0.4, 0.5) is 0 Å². The summed E-state index contributed by atoms with van der Waals surface area (Å²) >= 11 is 0. The minimum absolute atomic E-state index is 0.00974. The summed E-state index contributed by atoms with van der Waals surface area (Å²) in [5, 5.41) is 13.7. The number of nitrogens with one attached hydrogen (secondary N) is 1. The first-order chi connectivity index (χ1) is 16.0. The number of phenolic OH excluding ortho intramolecular Hbond substituents is 1. The maximum atomic E-state index is 12.3. The number of piperidine rings is 1. The Bertz CT molecular complexity index is 941. The fourth-order valence-electron chi connectivity index (χ4n) is 5.17. The van der Waals surface area contributed by atoms with E-state index in [-0.39, 0.29) is 24.2 Å². The van der Waals surface area contributed by atoms with E-state index in [9.17, 15) is 9.90 Å². The van der Waals surface area contributed by atoms with Gasteiger partial charge in [-0.15, -0.1) is 0 Å². The minimum atomic E-state index is -0.141. The molecule has 0 aliphatic carbocycles. The molecule has 2 aromatic carbocycles. The van der Waals surface area contributed by atoms with Gasteiger partial charge in [0.1, 0.15) is 5.75 Å². The van der Waals surface area contributed by atoms with E-state index in [0.717, 1.165) is 62.0 Å². The van der Waals surface area contributed by atoms with E-state index < -0.39 is 0 Å². The Balaban J connectivity index is 1.26. The first-order valence-electron chi connectivity index (χ1n) is 12.2. The molecule has 0 aromatic heterocycles. The van der Waals surface area contributed by atoms with Gasteiger partial charge in [0.15, 0.2) is 0 Å². The molecule has 6 nitrogen and oxygen atoms in total. The van der Waals surface area contributed by atoms with Crippen LogP contribution in [0.3, 0.4) is 0 Å². The zero-order chi connectivity index (χ0) is 23.4. The number of ether oxygens (including phenoxy) is 1. The Morgan fingerprint density at radius 2 is 1.94 bits per heavy atom. The van der Waals surface area contributed by atoms with E-state index in [4.69, 9.17) is 10.5 Å². The quantitative estimate of drug-likeness (QED) is 0.599. The fraction of sp³-hybridized carbons (Fsp3) is 0.519. The largest absolute Gasteiger partial charge is 0.507 e. The number of hydrogen-bond acceptors (Lipinski definition) is 5. The van der Waals surface area contributed by atoms with Gasteiger partial charge in [0, 0.05) is 36.7 Å². The Morgan fingerprint density at radius 1 is 1.21 bits per heavy atom. The Morgan fingerprint density at radius 3 is 2.64 bits per heavy atom. The molecule has 6 heteroatoms. The Hall–Kier alpha value is -2.41. The fourth-order valence-corrected chi connectivity index (χ4v) is 5.17. The molecule has 2 aliphatic rings. The number of fused-ring (bicyclic) bond motifs is 1. The average molecular weight is 452 g/mol. The summed E-state index contributed by atoms with van der Waals surface area (Å²) in [5.74, 6) is 0.867. The van der Waals surface area contributed by atoms with Crippen LogP contribution in [0.15, 0.2) is 42.5 Å². The third kappa shape index (κ3) is 5.57. The van der Waals surface area contributed by atoms with E-state index in [2.05, 4.69) is 23.2 Å². The monoisotopic (exact) mass is 451 g/mol. The Labute approximate surface area is 197 Å². The van der Waals surface area contributed by atoms with E-state index in [0.29, 0.717) is 23.8 Å². The molecular weight excluding hydrogens is 414 g/mol. The first kappa shape index (κ1) is 23.7. The van der Waals surface area contributed by atoms with Crippen LogP contribution < -0.4 is 11.1 Å². The standard InChI is InChI=1S/C27H37N3O3/c1-18-8-9-22-23(26(18)31)16-24(33-25(22)17-28)20-11-14-30(15-12-20)13-10-19(2)29-27(32)21-6-4-3-5-7-21/h3-9,19-20,24-25,31H,10-17,28H2,1-2H3,(H,29,32)/t19?,24-,25-/m0/s1. The van der Waals surface area contributed by atoms with E-state index >= 15 is 0 Å². The van der Waals surface area contributed by atoms with Gasteiger partial charge in [0.25, 0.3) is 5.91 Å². The Kier molecular flexibility index (Phi) is 7.68. The summed E-state index contributed by atoms with van der Waals surface area (Å²) in [6, 6.07) is 13.5. The van der Waals surface area contributed by atoms with Crippen molar-refractivity contribution in [3.8, 4) is 5.75 Å². The lowest BCUT2D eigenvalue weighted by atomic mass is 9.83. The lowest BCUT2D eigenvalue weighted by Crippen LogP contribution is -2.43. The number of nitrogens with two attached hydrogens (primary N) is 1. The van der Waals surface area contributed by atoms with Crippen LogP contribution in [0, 0.1) is 12.8 Å². The van der Waals surface area contributed by atoms with Crippen LogP contribution in [0.5, 0.6) is 5.75 Å². The molecule has 0 bridgehead atoms. The first-order valence-corrected chi connectivity index (χ1v) is 12.2. The molecule has 1 fully saturated rings. The number of carbonyl (C=O) groups excluding carboxylic acids is 1. The molecule has 2 aliphatic heterocycles. The van der Waals surface area contributed by atoms with E-state index in [1.165, 1.54) is 0 Å². The summed E-state index contributed by atoms with van der Waals surface area (Å²) in [4.78, 5) is 14.8. The molecule has 3 atom stereocenters. The number of amides is 1. The molecular formula is C27H37N3O3. The summed E-state index contributed by atoms with van der Waals surface area (Å²) in [7, 11) is 0. The highest BCUT2D eigenvalue weighted by Gasteiger charge is 2.35. The SMILES string of the molecule is Cc1ccc2c(c1O)C[C@@H](C1CCN(CCC(C)NC(=O)c3ccccc3)CC1)O[C@H]2CN. The maximum Gasteiger partial charge on any atom is 0.251 e. The van der Waals surface area contributed by atoms with Crippen LogP contribution in [-0.4, -0.2) is 54.2 Å². The number of aromatic hydroxyl groups is 1. The molecule has 33 heavy (non-hydrogen) atoms. The van der Waals surface area contributed by atoms with E-state index in [1.807, 2.05) is 43.3 Å². The summed E-state index contributed by atoms with van der Waals surface area (Å²) in [5.41, 5.74) is 9.69. The lowest BCUT2D eigenvalue weighted by molar-refractivity contribution is -0.0647. The van der Waals surface area contributed by atoms with Crippen LogP contribution in [0.25, 0.3) is 0 Å². The number of rotatable bonds is 7. The van der Waals surface area contributed by atoms with Gasteiger partial charge in [-0.1, -0.05) is 30.3 Å². The number of benzene rings is 2. The van der Waals surface area contributed by atoms with Crippen molar-refractivity contribution in [3.63, 3.8) is 0 Å². The second-order valence-corrected chi connectivity index (χ2v) is 9.61. The van der Waals surface area contributed by atoms with Crippen LogP contribution in [0.2, 0.25) is 0 Å². The maximum absolute atomic E-state index is 12.3. The molecule has 0 saturated carbocycles. The van der Waals surface area contributed by atoms with Crippen LogP contribution in [-0.2, 0) is 11.2 Å². The molecule has 1 saturated heterocycles. The molecule has 178 valence electrons. The third-order valence-electron chi connectivity index (χ3n) is 7.28. The highest BCUT2D eigenvalue weighted by molar-refractivity contribution is 5.94. The van der Waals surface area contributed by atoms with Gasteiger partial charge < -0.3 is 25.8 Å². The number of aryl methyl sites for hydroxylation is 1. The van der Waals surface area contributed by atoms with Crippen molar-refractivity contribution in [2.75, 3.05) is 26.2 Å². The molecule has 1 amide bonds. The van der Waals surface area contributed by atoms with Gasteiger partial charge in [0.05, 0.1) is 12.2 Å². The smallest absolute Gasteiger partial charge is 0.251 e. The van der Waals surface area contributed by atoms with Crippen molar-refractivity contribution in [2.24, 2.45) is 11.7 Å². The molecule has 0 spiro atoms. The highest BCUT2D eigenvalue weighted by atomic mass is 16.5. The predicted molar refractivity (Wildman–Crippen MR) is 130 cm³/mol. The molecule has 1 unspecified atom stereocenters. The topological polar surface area (TPSA) is 87.8 Å². The van der Waals surface area contributed by atoms with Crippen molar-refractivity contribution in [1.29, 1.82) is 0 Å². The summed E-state index contributed by atoms with van der Waals surface area (Å²) in [6.07, 6.45) is 3.80. The van der Waals surface area contributed by atoms with Crippen LogP contribution >= 0.6 is 0 Å². The minimum Gasteiger partial charge on any atom is -0.507 e. The molecule has 2 aromatic rings.